The van der Waals surface area contributed by atoms with Gasteiger partial charge in [0.2, 0.25) is 17.7 Å². The van der Waals surface area contributed by atoms with Gasteiger partial charge < -0.3 is 9.73 Å². The molecular formula is C19H17F2N3O2. The van der Waals surface area contributed by atoms with Crippen LogP contribution >= 0.6 is 0 Å². The van der Waals surface area contributed by atoms with Crippen LogP contribution in [0.4, 0.5) is 8.78 Å². The van der Waals surface area contributed by atoms with Gasteiger partial charge in [-0.25, -0.2) is 8.78 Å². The molecule has 0 radical (unpaired) electrons. The van der Waals surface area contributed by atoms with E-state index in [4.69, 9.17) is 4.42 Å². The predicted molar refractivity (Wildman–Crippen MR) is 91.1 cm³/mol. The first-order chi connectivity index (χ1) is 12.6. The van der Waals surface area contributed by atoms with E-state index in [1.807, 2.05) is 0 Å². The summed E-state index contributed by atoms with van der Waals surface area (Å²) in [4.78, 5) is 11.9. The van der Waals surface area contributed by atoms with E-state index in [1.165, 1.54) is 18.2 Å². The molecule has 1 amide bonds. The number of nitrogens with one attached hydrogen (secondary N) is 1. The molecule has 0 saturated heterocycles. The van der Waals surface area contributed by atoms with Gasteiger partial charge in [0.15, 0.2) is 0 Å². The van der Waals surface area contributed by atoms with Crippen molar-refractivity contribution in [1.29, 1.82) is 0 Å². The highest BCUT2D eigenvalue weighted by molar-refractivity contribution is 5.76. The van der Waals surface area contributed by atoms with Crippen LogP contribution in [-0.2, 0) is 17.6 Å². The van der Waals surface area contributed by atoms with Gasteiger partial charge in [0.1, 0.15) is 11.6 Å². The van der Waals surface area contributed by atoms with Crippen molar-refractivity contribution in [3.63, 3.8) is 0 Å². The lowest BCUT2D eigenvalue weighted by atomic mass is 10.1. The van der Waals surface area contributed by atoms with Crippen LogP contribution in [-0.4, -0.2) is 22.6 Å². The van der Waals surface area contributed by atoms with Gasteiger partial charge in [-0.1, -0.05) is 18.2 Å². The largest absolute Gasteiger partial charge is 0.421 e. The van der Waals surface area contributed by atoms with Crippen molar-refractivity contribution in [2.45, 2.75) is 19.3 Å². The lowest BCUT2D eigenvalue weighted by Crippen LogP contribution is -2.26. The summed E-state index contributed by atoms with van der Waals surface area (Å²) in [5.74, 6) is -0.196. The van der Waals surface area contributed by atoms with E-state index < -0.39 is 0 Å². The van der Waals surface area contributed by atoms with Gasteiger partial charge in [-0.05, 0) is 42.3 Å². The van der Waals surface area contributed by atoms with Gasteiger partial charge >= 0.3 is 0 Å². The number of aryl methyl sites for hydroxylation is 1. The van der Waals surface area contributed by atoms with Crippen LogP contribution in [0.5, 0.6) is 0 Å². The number of carbonyl (C=O) groups excluding carboxylic acids is 1. The van der Waals surface area contributed by atoms with Crippen molar-refractivity contribution >= 4 is 5.91 Å². The molecule has 5 nitrogen and oxygen atoms in total. The molecule has 3 aromatic rings. The first-order valence-corrected chi connectivity index (χ1v) is 8.20. The quantitative estimate of drug-likeness (QED) is 0.704. The molecule has 2 aromatic carbocycles. The van der Waals surface area contributed by atoms with Crippen LogP contribution in [0.2, 0.25) is 0 Å². The van der Waals surface area contributed by atoms with Crippen molar-refractivity contribution in [2.24, 2.45) is 0 Å². The molecule has 0 spiro atoms. The minimum absolute atomic E-state index is 0.178. The Morgan fingerprint density at radius 2 is 1.77 bits per heavy atom. The van der Waals surface area contributed by atoms with Crippen LogP contribution < -0.4 is 5.32 Å². The van der Waals surface area contributed by atoms with Crippen LogP contribution in [0.15, 0.2) is 52.9 Å². The fraction of sp³-hybridized carbons (Fsp3) is 0.211. The van der Waals surface area contributed by atoms with E-state index in [-0.39, 0.29) is 29.9 Å². The highest BCUT2D eigenvalue weighted by Gasteiger charge is 2.11. The smallest absolute Gasteiger partial charge is 0.247 e. The first-order valence-electron chi connectivity index (χ1n) is 8.20. The molecule has 0 bridgehead atoms. The predicted octanol–water partition coefficient (Wildman–Crippen LogP) is 3.31. The Bertz CT molecular complexity index is 879. The molecule has 1 N–H and O–H groups in total. The van der Waals surface area contributed by atoms with Crippen molar-refractivity contribution in [2.75, 3.05) is 6.54 Å². The number of hydrogen-bond acceptors (Lipinski definition) is 4. The molecule has 3 rings (SSSR count). The average Bonchev–Trinajstić information content (AvgIpc) is 3.11. The molecule has 26 heavy (non-hydrogen) atoms. The first kappa shape index (κ1) is 17.7. The number of benzene rings is 2. The highest BCUT2D eigenvalue weighted by Crippen LogP contribution is 2.18. The molecule has 0 unspecified atom stereocenters. The number of halogens is 2. The topological polar surface area (TPSA) is 68.0 Å². The van der Waals surface area contributed by atoms with Crippen LogP contribution in [0.1, 0.15) is 17.9 Å². The van der Waals surface area contributed by atoms with Crippen molar-refractivity contribution in [3.8, 4) is 11.5 Å². The SMILES string of the molecule is O=C(CCc1nnc(-c2ccc(F)cc2)o1)NCCc1ccccc1F. The summed E-state index contributed by atoms with van der Waals surface area (Å²) < 4.78 is 31.9. The molecule has 0 aliphatic rings. The zero-order valence-corrected chi connectivity index (χ0v) is 13.9. The Labute approximate surface area is 149 Å². The second-order valence-corrected chi connectivity index (χ2v) is 5.70. The maximum absolute atomic E-state index is 13.5. The molecule has 0 atom stereocenters. The Balaban J connectivity index is 1.45. The highest BCUT2D eigenvalue weighted by atomic mass is 19.1. The lowest BCUT2D eigenvalue weighted by Gasteiger charge is -2.05. The second kappa shape index (κ2) is 8.33. The molecule has 0 aliphatic heterocycles. The molecule has 0 fully saturated rings. The number of carbonyl (C=O) groups is 1. The second-order valence-electron chi connectivity index (χ2n) is 5.70. The molecule has 1 aromatic heterocycles. The summed E-state index contributed by atoms with van der Waals surface area (Å²) in [6.07, 6.45) is 0.899. The van der Waals surface area contributed by atoms with E-state index in [0.717, 1.165) is 0 Å². The van der Waals surface area contributed by atoms with E-state index in [0.29, 0.717) is 36.4 Å². The van der Waals surface area contributed by atoms with E-state index >= 15 is 0 Å². The number of aromatic nitrogens is 2. The number of hydrogen-bond donors (Lipinski definition) is 1. The molecular weight excluding hydrogens is 340 g/mol. The van der Waals surface area contributed by atoms with Crippen LogP contribution in [0.25, 0.3) is 11.5 Å². The van der Waals surface area contributed by atoms with Gasteiger partial charge in [0.05, 0.1) is 0 Å². The Morgan fingerprint density at radius 3 is 2.54 bits per heavy atom. The standard InChI is InChI=1S/C19H17F2N3O2/c20-15-7-5-14(6-8-15)19-24-23-18(26-19)10-9-17(25)22-12-11-13-3-1-2-4-16(13)21/h1-8H,9-12H2,(H,22,25). The average molecular weight is 357 g/mol. The summed E-state index contributed by atoms with van der Waals surface area (Å²) in [5, 5.41) is 10.5. The Kier molecular flexibility index (Phi) is 5.68. The summed E-state index contributed by atoms with van der Waals surface area (Å²) in [6, 6.07) is 12.2. The van der Waals surface area contributed by atoms with E-state index in [9.17, 15) is 13.6 Å². The minimum Gasteiger partial charge on any atom is -0.421 e. The molecule has 134 valence electrons. The Hall–Kier alpha value is -3.09. The van der Waals surface area contributed by atoms with Gasteiger partial charge in [-0.2, -0.15) is 0 Å². The van der Waals surface area contributed by atoms with Gasteiger partial charge in [0.25, 0.3) is 0 Å². The maximum Gasteiger partial charge on any atom is 0.247 e. The summed E-state index contributed by atoms with van der Waals surface area (Å²) in [5.41, 5.74) is 1.17. The monoisotopic (exact) mass is 357 g/mol. The lowest BCUT2D eigenvalue weighted by molar-refractivity contribution is -0.121. The fourth-order valence-electron chi connectivity index (χ4n) is 2.41. The minimum atomic E-state index is -0.347. The van der Waals surface area contributed by atoms with E-state index in [1.54, 1.807) is 30.3 Å². The number of amides is 1. The van der Waals surface area contributed by atoms with Crippen molar-refractivity contribution < 1.29 is 18.0 Å². The zero-order valence-electron chi connectivity index (χ0n) is 13.9. The third-order valence-corrected chi connectivity index (χ3v) is 3.80. The molecule has 1 heterocycles. The van der Waals surface area contributed by atoms with Crippen molar-refractivity contribution in [1.82, 2.24) is 15.5 Å². The summed E-state index contributed by atoms with van der Waals surface area (Å²) in [6.45, 7) is 0.352. The molecule has 0 aliphatic carbocycles. The van der Waals surface area contributed by atoms with Crippen LogP contribution in [0, 0.1) is 11.6 Å². The number of rotatable bonds is 7. The fourth-order valence-corrected chi connectivity index (χ4v) is 2.41. The van der Waals surface area contributed by atoms with E-state index in [2.05, 4.69) is 15.5 Å². The summed E-state index contributed by atoms with van der Waals surface area (Å²) in [7, 11) is 0. The third-order valence-electron chi connectivity index (χ3n) is 3.80. The number of nitrogens with zero attached hydrogens (tertiary/aromatic N) is 2. The normalized spacial score (nSPS) is 10.7. The zero-order chi connectivity index (χ0) is 18.4. The summed E-state index contributed by atoms with van der Waals surface area (Å²) >= 11 is 0. The third kappa shape index (κ3) is 4.72. The van der Waals surface area contributed by atoms with Crippen molar-refractivity contribution in [3.05, 3.63) is 71.6 Å². The Morgan fingerprint density at radius 1 is 1.00 bits per heavy atom. The van der Waals surface area contributed by atoms with Crippen LogP contribution in [0.3, 0.4) is 0 Å². The molecule has 7 heteroatoms. The van der Waals surface area contributed by atoms with Gasteiger partial charge in [-0.3, -0.25) is 4.79 Å². The maximum atomic E-state index is 13.5. The van der Waals surface area contributed by atoms with Gasteiger partial charge in [-0.15, -0.1) is 10.2 Å². The molecule has 0 saturated carbocycles. The van der Waals surface area contributed by atoms with Gasteiger partial charge in [0, 0.05) is 24.9 Å².